The SMILES string of the molecule is O=C(Nc1cccc2ccccc12)c1ccc2nc(N3C(=O)CCC3=O)sc2c1. The van der Waals surface area contributed by atoms with Crippen LogP contribution in [0.25, 0.3) is 21.0 Å². The lowest BCUT2D eigenvalue weighted by Gasteiger charge is -2.08. The number of hydrogen-bond acceptors (Lipinski definition) is 5. The molecule has 1 fully saturated rings. The zero-order chi connectivity index (χ0) is 20.0. The summed E-state index contributed by atoms with van der Waals surface area (Å²) in [6.07, 6.45) is 0.431. The highest BCUT2D eigenvalue weighted by Crippen LogP contribution is 2.32. The number of carbonyl (C=O) groups is 3. The van der Waals surface area contributed by atoms with Crippen LogP contribution in [-0.2, 0) is 9.59 Å². The molecule has 1 saturated heterocycles. The maximum atomic E-state index is 12.8. The second-order valence-electron chi connectivity index (χ2n) is 6.78. The van der Waals surface area contributed by atoms with Crippen LogP contribution >= 0.6 is 11.3 Å². The Morgan fingerprint density at radius 3 is 2.55 bits per heavy atom. The van der Waals surface area contributed by atoms with E-state index in [2.05, 4.69) is 10.3 Å². The van der Waals surface area contributed by atoms with E-state index in [4.69, 9.17) is 0 Å². The molecule has 5 rings (SSSR count). The van der Waals surface area contributed by atoms with E-state index < -0.39 is 0 Å². The molecule has 142 valence electrons. The fraction of sp³-hybridized carbons (Fsp3) is 0.0909. The highest BCUT2D eigenvalue weighted by molar-refractivity contribution is 7.22. The molecule has 0 spiro atoms. The van der Waals surface area contributed by atoms with Crippen LogP contribution in [0.15, 0.2) is 60.7 Å². The topological polar surface area (TPSA) is 79.4 Å². The second-order valence-corrected chi connectivity index (χ2v) is 7.79. The summed E-state index contributed by atoms with van der Waals surface area (Å²) in [5, 5.41) is 5.35. The van der Waals surface area contributed by atoms with Gasteiger partial charge in [-0.1, -0.05) is 47.7 Å². The van der Waals surface area contributed by atoms with Crippen LogP contribution in [0.1, 0.15) is 23.2 Å². The Balaban J connectivity index is 1.46. The molecule has 3 amide bonds. The monoisotopic (exact) mass is 401 g/mol. The quantitative estimate of drug-likeness (QED) is 0.518. The lowest BCUT2D eigenvalue weighted by molar-refractivity contribution is -0.121. The number of thiazole rings is 1. The Hall–Kier alpha value is -3.58. The van der Waals surface area contributed by atoms with Crippen molar-refractivity contribution < 1.29 is 14.4 Å². The smallest absolute Gasteiger partial charge is 0.255 e. The van der Waals surface area contributed by atoms with Crippen LogP contribution in [0, 0.1) is 0 Å². The van der Waals surface area contributed by atoms with Gasteiger partial charge in [-0.3, -0.25) is 14.4 Å². The molecule has 4 aromatic rings. The number of anilines is 2. The highest BCUT2D eigenvalue weighted by atomic mass is 32.1. The minimum Gasteiger partial charge on any atom is -0.321 e. The summed E-state index contributed by atoms with van der Waals surface area (Å²) in [6.45, 7) is 0. The maximum Gasteiger partial charge on any atom is 0.255 e. The summed E-state index contributed by atoms with van der Waals surface area (Å²) >= 11 is 1.24. The molecule has 1 N–H and O–H groups in total. The van der Waals surface area contributed by atoms with Crippen LogP contribution in [0.4, 0.5) is 10.8 Å². The van der Waals surface area contributed by atoms with Crippen molar-refractivity contribution >= 4 is 60.9 Å². The number of hydrogen-bond donors (Lipinski definition) is 1. The first kappa shape index (κ1) is 17.5. The average molecular weight is 401 g/mol. The van der Waals surface area contributed by atoms with Gasteiger partial charge in [0.15, 0.2) is 5.13 Å². The number of fused-ring (bicyclic) bond motifs is 2. The molecule has 1 aliphatic heterocycles. The fourth-order valence-electron chi connectivity index (χ4n) is 3.47. The molecule has 6 nitrogen and oxygen atoms in total. The van der Waals surface area contributed by atoms with Gasteiger partial charge < -0.3 is 5.32 Å². The Morgan fingerprint density at radius 1 is 0.966 bits per heavy atom. The van der Waals surface area contributed by atoms with E-state index in [-0.39, 0.29) is 30.6 Å². The van der Waals surface area contributed by atoms with Gasteiger partial charge in [0.1, 0.15) is 0 Å². The number of benzene rings is 3. The average Bonchev–Trinajstić information content (AvgIpc) is 3.29. The van der Waals surface area contributed by atoms with Crippen molar-refractivity contribution in [3.63, 3.8) is 0 Å². The Labute approximate surface area is 169 Å². The van der Waals surface area contributed by atoms with E-state index in [1.165, 1.54) is 11.3 Å². The molecular weight excluding hydrogens is 386 g/mol. The third-order valence-corrected chi connectivity index (χ3v) is 5.92. The van der Waals surface area contributed by atoms with Crippen LogP contribution in [-0.4, -0.2) is 22.7 Å². The largest absolute Gasteiger partial charge is 0.321 e. The molecule has 3 aromatic carbocycles. The zero-order valence-corrected chi connectivity index (χ0v) is 16.0. The molecule has 0 radical (unpaired) electrons. The Kier molecular flexibility index (Phi) is 4.10. The van der Waals surface area contributed by atoms with Crippen molar-refractivity contribution in [2.24, 2.45) is 0 Å². The van der Waals surface area contributed by atoms with Gasteiger partial charge in [0.25, 0.3) is 5.91 Å². The summed E-state index contributed by atoms with van der Waals surface area (Å²) in [5.41, 5.74) is 1.88. The van der Waals surface area contributed by atoms with Crippen molar-refractivity contribution in [2.75, 3.05) is 10.2 Å². The molecule has 1 aliphatic rings. The minimum atomic E-state index is -0.233. The fourth-order valence-corrected chi connectivity index (χ4v) is 4.51. The summed E-state index contributed by atoms with van der Waals surface area (Å²) in [7, 11) is 0. The highest BCUT2D eigenvalue weighted by Gasteiger charge is 2.32. The number of rotatable bonds is 3. The maximum absolute atomic E-state index is 12.8. The first-order chi connectivity index (χ1) is 14.1. The Morgan fingerprint density at radius 2 is 1.72 bits per heavy atom. The lowest BCUT2D eigenvalue weighted by atomic mass is 10.1. The lowest BCUT2D eigenvalue weighted by Crippen LogP contribution is -2.28. The van der Waals surface area contributed by atoms with Gasteiger partial charge in [-0.2, -0.15) is 0 Å². The second kappa shape index (κ2) is 6.79. The van der Waals surface area contributed by atoms with Gasteiger partial charge in [0.05, 0.1) is 10.2 Å². The molecule has 0 bridgehead atoms. The standard InChI is InChI=1S/C22H15N3O3S/c26-19-10-11-20(27)25(19)22-24-17-9-8-14(12-18(17)29-22)21(28)23-16-7-3-5-13-4-1-2-6-15(13)16/h1-9,12H,10-11H2,(H,23,28). The van der Waals surface area contributed by atoms with Crippen molar-refractivity contribution in [3.05, 3.63) is 66.2 Å². The van der Waals surface area contributed by atoms with E-state index in [0.29, 0.717) is 16.2 Å². The third-order valence-electron chi connectivity index (χ3n) is 4.92. The molecule has 0 saturated carbocycles. The number of nitrogens with zero attached hydrogens (tertiary/aromatic N) is 2. The number of amides is 3. The summed E-state index contributed by atoms with van der Waals surface area (Å²) in [6, 6.07) is 18.8. The van der Waals surface area contributed by atoms with Crippen LogP contribution in [0.3, 0.4) is 0 Å². The van der Waals surface area contributed by atoms with Crippen molar-refractivity contribution in [1.82, 2.24) is 4.98 Å². The summed E-state index contributed by atoms with van der Waals surface area (Å²) in [5.74, 6) is -0.697. The van der Waals surface area contributed by atoms with Crippen molar-refractivity contribution in [1.29, 1.82) is 0 Å². The number of imide groups is 1. The van der Waals surface area contributed by atoms with Crippen LogP contribution < -0.4 is 10.2 Å². The number of aromatic nitrogens is 1. The van der Waals surface area contributed by atoms with E-state index in [1.54, 1.807) is 18.2 Å². The van der Waals surface area contributed by atoms with E-state index in [0.717, 1.165) is 26.1 Å². The minimum absolute atomic E-state index is 0.216. The van der Waals surface area contributed by atoms with Gasteiger partial charge in [-0.05, 0) is 29.7 Å². The predicted molar refractivity (Wildman–Crippen MR) is 113 cm³/mol. The Bertz CT molecular complexity index is 1290. The van der Waals surface area contributed by atoms with Gasteiger partial charge in [0.2, 0.25) is 11.8 Å². The molecule has 0 unspecified atom stereocenters. The molecule has 1 aromatic heterocycles. The first-order valence-corrected chi connectivity index (χ1v) is 9.97. The number of carbonyl (C=O) groups excluding carboxylic acids is 3. The van der Waals surface area contributed by atoms with Crippen molar-refractivity contribution in [3.8, 4) is 0 Å². The number of nitrogens with one attached hydrogen (secondary N) is 1. The summed E-state index contributed by atoms with van der Waals surface area (Å²) in [4.78, 5) is 42.3. The third kappa shape index (κ3) is 3.05. The normalized spacial score (nSPS) is 14.1. The van der Waals surface area contributed by atoms with Crippen molar-refractivity contribution in [2.45, 2.75) is 12.8 Å². The van der Waals surface area contributed by atoms with Gasteiger partial charge in [-0.25, -0.2) is 9.88 Å². The zero-order valence-electron chi connectivity index (χ0n) is 15.2. The van der Waals surface area contributed by atoms with Crippen LogP contribution in [0.5, 0.6) is 0 Å². The molecule has 7 heteroatoms. The molecular formula is C22H15N3O3S. The molecule has 2 heterocycles. The van der Waals surface area contributed by atoms with Crippen LogP contribution in [0.2, 0.25) is 0 Å². The van der Waals surface area contributed by atoms with E-state index in [1.807, 2.05) is 42.5 Å². The first-order valence-electron chi connectivity index (χ1n) is 9.16. The van der Waals surface area contributed by atoms with E-state index >= 15 is 0 Å². The van der Waals surface area contributed by atoms with Gasteiger partial charge in [0, 0.05) is 29.5 Å². The summed E-state index contributed by atoms with van der Waals surface area (Å²) < 4.78 is 0.748. The molecule has 29 heavy (non-hydrogen) atoms. The molecule has 0 atom stereocenters. The van der Waals surface area contributed by atoms with E-state index in [9.17, 15) is 14.4 Å². The van der Waals surface area contributed by atoms with Gasteiger partial charge in [-0.15, -0.1) is 0 Å². The molecule has 0 aliphatic carbocycles. The predicted octanol–water partition coefficient (Wildman–Crippen LogP) is 4.36. The van der Waals surface area contributed by atoms with Gasteiger partial charge >= 0.3 is 0 Å².